The average Bonchev–Trinajstić information content (AvgIpc) is 2.87. The van der Waals surface area contributed by atoms with Crippen LogP contribution in [0.5, 0.6) is 23.0 Å². The summed E-state index contributed by atoms with van der Waals surface area (Å²) >= 11 is 0. The second-order valence-electron chi connectivity index (χ2n) is 8.77. The van der Waals surface area contributed by atoms with E-state index in [9.17, 15) is 24.6 Å². The van der Waals surface area contributed by atoms with Gasteiger partial charge in [0, 0.05) is 40.8 Å². The van der Waals surface area contributed by atoms with E-state index in [-0.39, 0.29) is 40.2 Å². The minimum atomic E-state index is -0.812. The van der Waals surface area contributed by atoms with Gasteiger partial charge in [-0.1, -0.05) is 0 Å². The summed E-state index contributed by atoms with van der Waals surface area (Å²) in [4.78, 5) is 41.7. The highest BCUT2D eigenvalue weighted by Crippen LogP contribution is 2.45. The zero-order valence-electron chi connectivity index (χ0n) is 19.4. The van der Waals surface area contributed by atoms with Crippen LogP contribution < -0.4 is 20.5 Å². The lowest BCUT2D eigenvalue weighted by molar-refractivity contribution is -0.135. The number of phenols is 2. The van der Waals surface area contributed by atoms with Crippen molar-refractivity contribution < 1.29 is 28.9 Å². The first-order chi connectivity index (χ1) is 17.8. The van der Waals surface area contributed by atoms with Gasteiger partial charge in [0.1, 0.15) is 39.7 Å². The van der Waals surface area contributed by atoms with Crippen molar-refractivity contribution in [3.8, 4) is 34.3 Å². The van der Waals surface area contributed by atoms with Crippen LogP contribution in [0.3, 0.4) is 0 Å². The van der Waals surface area contributed by atoms with Crippen LogP contribution >= 0.6 is 0 Å². The SMILES string of the molecule is COc1ccc2cc([C@@H]3CC(=O)Oc4cc(O)c5c(=O)cc(-c6ccc(O)cc6)oc5c43)c(=O)[nH]c2c1. The predicted octanol–water partition coefficient (Wildman–Crippen LogP) is 4.16. The third-order valence-corrected chi connectivity index (χ3v) is 6.53. The van der Waals surface area contributed by atoms with Gasteiger partial charge in [0.05, 0.1) is 19.0 Å². The summed E-state index contributed by atoms with van der Waals surface area (Å²) in [5.41, 5.74) is 0.727. The number of carbonyl (C=O) groups is 1. The molecule has 3 heterocycles. The third-order valence-electron chi connectivity index (χ3n) is 6.53. The maximum atomic E-state index is 13.2. The Hall–Kier alpha value is -5.05. The molecule has 9 nitrogen and oxygen atoms in total. The Morgan fingerprint density at radius 2 is 1.76 bits per heavy atom. The molecule has 0 unspecified atom stereocenters. The predicted molar refractivity (Wildman–Crippen MR) is 134 cm³/mol. The monoisotopic (exact) mass is 497 g/mol. The van der Waals surface area contributed by atoms with Crippen molar-refractivity contribution in [2.45, 2.75) is 12.3 Å². The Balaban J connectivity index is 1.63. The van der Waals surface area contributed by atoms with E-state index < -0.39 is 28.6 Å². The number of rotatable bonds is 3. The molecular weight excluding hydrogens is 478 g/mol. The highest BCUT2D eigenvalue weighted by atomic mass is 16.5. The molecule has 1 atom stereocenters. The van der Waals surface area contributed by atoms with E-state index in [1.807, 2.05) is 0 Å². The van der Waals surface area contributed by atoms with E-state index in [0.717, 1.165) is 0 Å². The molecule has 9 heteroatoms. The summed E-state index contributed by atoms with van der Waals surface area (Å²) in [6.45, 7) is 0. The third kappa shape index (κ3) is 3.68. The molecule has 0 saturated heterocycles. The lowest BCUT2D eigenvalue weighted by Crippen LogP contribution is -2.26. The summed E-state index contributed by atoms with van der Waals surface area (Å²) < 4.78 is 16.8. The van der Waals surface area contributed by atoms with Crippen molar-refractivity contribution in [3.63, 3.8) is 0 Å². The van der Waals surface area contributed by atoms with Gasteiger partial charge in [-0.05, 0) is 47.9 Å². The van der Waals surface area contributed by atoms with E-state index in [2.05, 4.69) is 4.98 Å². The molecule has 6 rings (SSSR count). The standard InChI is InChI=1S/C28H19NO8/c1-35-16-7-4-14-8-18(28(34)29-19(14)9-16)17-10-24(33)36-23-12-21(32)26-20(31)11-22(37-27(26)25(17)23)13-2-5-15(30)6-3-13/h2-9,11-12,17,30,32H,10H2,1H3,(H,29,34)/t17-/m0/s1. The molecule has 0 amide bonds. The van der Waals surface area contributed by atoms with Crippen molar-refractivity contribution in [2.24, 2.45) is 0 Å². The number of aromatic amines is 1. The number of hydrogen-bond donors (Lipinski definition) is 3. The number of esters is 1. The fourth-order valence-corrected chi connectivity index (χ4v) is 4.78. The van der Waals surface area contributed by atoms with Crippen LogP contribution in [-0.2, 0) is 4.79 Å². The number of ether oxygens (including phenoxy) is 2. The highest BCUT2D eigenvalue weighted by Gasteiger charge is 2.35. The molecule has 37 heavy (non-hydrogen) atoms. The molecular formula is C28H19NO8. The molecule has 1 aliphatic rings. The number of benzene rings is 3. The molecule has 0 aliphatic carbocycles. The van der Waals surface area contributed by atoms with E-state index in [1.54, 1.807) is 36.4 Å². The summed E-state index contributed by atoms with van der Waals surface area (Å²) in [5, 5.41) is 20.9. The van der Waals surface area contributed by atoms with Crippen LogP contribution in [0.15, 0.2) is 74.7 Å². The van der Waals surface area contributed by atoms with Crippen LogP contribution in [0.25, 0.3) is 33.2 Å². The summed E-state index contributed by atoms with van der Waals surface area (Å²) in [7, 11) is 1.53. The van der Waals surface area contributed by atoms with E-state index in [0.29, 0.717) is 27.8 Å². The topological polar surface area (TPSA) is 139 Å². The molecule has 184 valence electrons. The Bertz CT molecular complexity index is 1850. The van der Waals surface area contributed by atoms with Crippen LogP contribution in [0, 0.1) is 0 Å². The first-order valence-electron chi connectivity index (χ1n) is 11.4. The number of methoxy groups -OCH3 is 1. The second-order valence-corrected chi connectivity index (χ2v) is 8.77. The second kappa shape index (κ2) is 8.27. The van der Waals surface area contributed by atoms with Gasteiger partial charge in [-0.3, -0.25) is 14.4 Å². The molecule has 3 aromatic carbocycles. The molecule has 0 radical (unpaired) electrons. The lowest BCUT2D eigenvalue weighted by atomic mass is 9.85. The Labute approximate surface area is 208 Å². The van der Waals surface area contributed by atoms with Crippen molar-refractivity contribution in [3.05, 3.63) is 92.4 Å². The number of aromatic nitrogens is 1. The van der Waals surface area contributed by atoms with Gasteiger partial charge in [-0.2, -0.15) is 0 Å². The first-order valence-corrected chi connectivity index (χ1v) is 11.4. The highest BCUT2D eigenvalue weighted by molar-refractivity contribution is 5.93. The summed E-state index contributed by atoms with van der Waals surface area (Å²) in [5.74, 6) is -1.01. The van der Waals surface area contributed by atoms with Crippen LogP contribution in [0.1, 0.15) is 23.5 Å². The molecule has 0 spiro atoms. The average molecular weight is 497 g/mol. The maximum Gasteiger partial charge on any atom is 0.312 e. The Morgan fingerprint density at radius 1 is 0.973 bits per heavy atom. The molecule has 0 bridgehead atoms. The summed E-state index contributed by atoms with van der Waals surface area (Å²) in [6.07, 6.45) is -0.176. The van der Waals surface area contributed by atoms with Gasteiger partial charge in [-0.15, -0.1) is 0 Å². The summed E-state index contributed by atoms with van der Waals surface area (Å²) in [6, 6.07) is 15.4. The normalized spacial score (nSPS) is 14.9. The van der Waals surface area contributed by atoms with Gasteiger partial charge in [0.15, 0.2) is 5.43 Å². The number of H-pyrrole nitrogens is 1. The quantitative estimate of drug-likeness (QED) is 0.249. The maximum absolute atomic E-state index is 13.2. The van der Waals surface area contributed by atoms with Gasteiger partial charge >= 0.3 is 5.97 Å². The zero-order valence-corrected chi connectivity index (χ0v) is 19.4. The number of hydrogen-bond acceptors (Lipinski definition) is 8. The largest absolute Gasteiger partial charge is 0.508 e. The van der Waals surface area contributed by atoms with E-state index in [1.165, 1.54) is 31.4 Å². The van der Waals surface area contributed by atoms with Crippen molar-refractivity contribution in [2.75, 3.05) is 7.11 Å². The van der Waals surface area contributed by atoms with Crippen molar-refractivity contribution in [1.29, 1.82) is 0 Å². The fourth-order valence-electron chi connectivity index (χ4n) is 4.78. The van der Waals surface area contributed by atoms with Gasteiger partial charge in [0.2, 0.25) is 0 Å². The Kier molecular flexibility index (Phi) is 5.01. The minimum Gasteiger partial charge on any atom is -0.508 e. The van der Waals surface area contributed by atoms with Crippen LogP contribution in [-0.4, -0.2) is 28.3 Å². The van der Waals surface area contributed by atoms with Gasteiger partial charge in [-0.25, -0.2) is 0 Å². The fraction of sp³-hybridized carbons (Fsp3) is 0.107. The van der Waals surface area contributed by atoms with Crippen LogP contribution in [0.4, 0.5) is 0 Å². The number of pyridine rings is 1. The lowest BCUT2D eigenvalue weighted by Gasteiger charge is -2.25. The zero-order chi connectivity index (χ0) is 25.8. The van der Waals surface area contributed by atoms with Crippen molar-refractivity contribution in [1.82, 2.24) is 4.98 Å². The van der Waals surface area contributed by atoms with Gasteiger partial charge < -0.3 is 29.1 Å². The number of phenolic OH excluding ortho intramolecular Hbond substituents is 2. The van der Waals surface area contributed by atoms with Crippen molar-refractivity contribution >= 4 is 27.8 Å². The molecule has 2 aromatic heterocycles. The molecule has 1 aliphatic heterocycles. The first kappa shape index (κ1) is 22.4. The number of aromatic hydroxyl groups is 2. The smallest absolute Gasteiger partial charge is 0.312 e. The molecule has 5 aromatic rings. The van der Waals surface area contributed by atoms with E-state index in [4.69, 9.17) is 13.9 Å². The molecule has 3 N–H and O–H groups in total. The Morgan fingerprint density at radius 3 is 2.51 bits per heavy atom. The molecule has 0 saturated carbocycles. The molecule has 0 fully saturated rings. The minimum absolute atomic E-state index is 0.00600. The van der Waals surface area contributed by atoms with Crippen LogP contribution in [0.2, 0.25) is 0 Å². The van der Waals surface area contributed by atoms with Gasteiger partial charge in [0.25, 0.3) is 5.56 Å². The number of nitrogens with one attached hydrogen (secondary N) is 1. The van der Waals surface area contributed by atoms with E-state index >= 15 is 0 Å². The number of fused-ring (bicyclic) bond motifs is 4. The number of carbonyl (C=O) groups excluding carboxylic acids is 1.